The minimum atomic E-state index is -0.347. The number of rotatable bonds is 4. The standard InChI is InChI=1S/C18H18N8O2/c19-17-21-10-12(11-22-17)14-9-15(16(27)23-13-1-3-20-4-2-13)25-18(24-14)26-5-7-28-8-6-26/h1-4,9-11H,5-8H2,(H2,19,21,22)(H,20,23,27). The molecule has 10 heteroatoms. The highest BCUT2D eigenvalue weighted by atomic mass is 16.5. The molecule has 4 rings (SSSR count). The van der Waals surface area contributed by atoms with E-state index in [0.717, 1.165) is 0 Å². The maximum absolute atomic E-state index is 12.8. The predicted octanol–water partition coefficient (Wildman–Crippen LogP) is 1.000. The van der Waals surface area contributed by atoms with Crippen LogP contribution < -0.4 is 16.0 Å². The van der Waals surface area contributed by atoms with E-state index in [1.165, 1.54) is 0 Å². The van der Waals surface area contributed by atoms with E-state index in [0.29, 0.717) is 49.2 Å². The fourth-order valence-electron chi connectivity index (χ4n) is 2.70. The Morgan fingerprint density at radius 1 is 1.11 bits per heavy atom. The zero-order valence-corrected chi connectivity index (χ0v) is 14.9. The molecule has 3 N–H and O–H groups in total. The minimum Gasteiger partial charge on any atom is -0.378 e. The molecular weight excluding hydrogens is 360 g/mol. The minimum absolute atomic E-state index is 0.168. The smallest absolute Gasteiger partial charge is 0.274 e. The third-order valence-corrected chi connectivity index (χ3v) is 4.15. The lowest BCUT2D eigenvalue weighted by atomic mass is 10.2. The van der Waals surface area contributed by atoms with Crippen molar-refractivity contribution in [1.82, 2.24) is 24.9 Å². The predicted molar refractivity (Wildman–Crippen MR) is 103 cm³/mol. The van der Waals surface area contributed by atoms with Gasteiger partial charge in [-0.2, -0.15) is 0 Å². The SMILES string of the molecule is Nc1ncc(-c2cc(C(=O)Nc3ccncc3)nc(N3CCOCC3)n2)cn1. The molecule has 0 aliphatic carbocycles. The monoisotopic (exact) mass is 378 g/mol. The fourth-order valence-corrected chi connectivity index (χ4v) is 2.70. The molecule has 142 valence electrons. The molecule has 1 aliphatic heterocycles. The van der Waals surface area contributed by atoms with Crippen molar-refractivity contribution in [2.24, 2.45) is 0 Å². The van der Waals surface area contributed by atoms with Gasteiger partial charge in [-0.15, -0.1) is 0 Å². The van der Waals surface area contributed by atoms with Crippen LogP contribution in [0, 0.1) is 0 Å². The van der Waals surface area contributed by atoms with Crippen molar-refractivity contribution in [2.45, 2.75) is 0 Å². The number of nitrogens with one attached hydrogen (secondary N) is 1. The van der Waals surface area contributed by atoms with E-state index >= 15 is 0 Å². The van der Waals surface area contributed by atoms with Crippen LogP contribution in [0.5, 0.6) is 0 Å². The molecule has 0 unspecified atom stereocenters. The largest absolute Gasteiger partial charge is 0.378 e. The Bertz CT molecular complexity index is 959. The van der Waals surface area contributed by atoms with Gasteiger partial charge in [-0.25, -0.2) is 19.9 Å². The quantitative estimate of drug-likeness (QED) is 0.682. The number of pyridine rings is 1. The van der Waals surface area contributed by atoms with Crippen molar-refractivity contribution in [3.63, 3.8) is 0 Å². The molecule has 10 nitrogen and oxygen atoms in total. The molecule has 1 amide bonds. The Balaban J connectivity index is 1.70. The summed E-state index contributed by atoms with van der Waals surface area (Å²) in [5, 5.41) is 2.81. The van der Waals surface area contributed by atoms with E-state index in [9.17, 15) is 4.79 Å². The van der Waals surface area contributed by atoms with Crippen LogP contribution in [-0.4, -0.2) is 57.1 Å². The third-order valence-electron chi connectivity index (χ3n) is 4.15. The second-order valence-corrected chi connectivity index (χ2v) is 6.06. The van der Waals surface area contributed by atoms with E-state index in [4.69, 9.17) is 10.5 Å². The topological polar surface area (TPSA) is 132 Å². The number of carbonyl (C=O) groups is 1. The lowest BCUT2D eigenvalue weighted by Crippen LogP contribution is -2.37. The van der Waals surface area contributed by atoms with Gasteiger partial charge in [0, 0.05) is 49.1 Å². The highest BCUT2D eigenvalue weighted by Crippen LogP contribution is 2.21. The van der Waals surface area contributed by atoms with E-state index in [1.54, 1.807) is 43.0 Å². The summed E-state index contributed by atoms with van der Waals surface area (Å²) in [6, 6.07) is 5.02. The van der Waals surface area contributed by atoms with Crippen molar-refractivity contribution >= 4 is 23.5 Å². The maximum atomic E-state index is 12.8. The van der Waals surface area contributed by atoms with Crippen LogP contribution in [-0.2, 0) is 4.74 Å². The van der Waals surface area contributed by atoms with E-state index in [-0.39, 0.29) is 17.5 Å². The highest BCUT2D eigenvalue weighted by Gasteiger charge is 2.19. The number of anilines is 3. The van der Waals surface area contributed by atoms with Crippen molar-refractivity contribution < 1.29 is 9.53 Å². The van der Waals surface area contributed by atoms with Gasteiger partial charge in [0.05, 0.1) is 18.9 Å². The summed E-state index contributed by atoms with van der Waals surface area (Å²) in [7, 11) is 0. The third kappa shape index (κ3) is 4.01. The number of nitrogen functional groups attached to an aromatic ring is 1. The molecule has 3 aromatic rings. The number of ether oxygens (including phenoxy) is 1. The van der Waals surface area contributed by atoms with E-state index in [2.05, 4.69) is 30.2 Å². The van der Waals surface area contributed by atoms with Gasteiger partial charge >= 0.3 is 0 Å². The van der Waals surface area contributed by atoms with Crippen LogP contribution in [0.4, 0.5) is 17.6 Å². The number of nitrogens with two attached hydrogens (primary N) is 1. The molecule has 0 radical (unpaired) electrons. The zero-order valence-electron chi connectivity index (χ0n) is 14.9. The highest BCUT2D eigenvalue weighted by molar-refractivity contribution is 6.03. The van der Waals surface area contributed by atoms with Crippen LogP contribution in [0.1, 0.15) is 10.5 Å². The molecule has 4 heterocycles. The van der Waals surface area contributed by atoms with Gasteiger partial charge in [-0.1, -0.05) is 0 Å². The maximum Gasteiger partial charge on any atom is 0.274 e. The molecule has 0 atom stereocenters. The van der Waals surface area contributed by atoms with Gasteiger partial charge in [-0.05, 0) is 18.2 Å². The first kappa shape index (κ1) is 17.7. The second-order valence-electron chi connectivity index (χ2n) is 6.06. The van der Waals surface area contributed by atoms with Gasteiger partial charge in [0.15, 0.2) is 0 Å². The molecule has 28 heavy (non-hydrogen) atoms. The van der Waals surface area contributed by atoms with Crippen molar-refractivity contribution in [3.8, 4) is 11.3 Å². The second kappa shape index (κ2) is 7.92. The molecule has 0 aromatic carbocycles. The molecule has 0 bridgehead atoms. The summed E-state index contributed by atoms with van der Waals surface area (Å²) in [4.78, 5) is 35.8. The normalized spacial score (nSPS) is 13.9. The first-order valence-corrected chi connectivity index (χ1v) is 8.70. The number of nitrogens with zero attached hydrogens (tertiary/aromatic N) is 6. The number of aromatic nitrogens is 5. The van der Waals surface area contributed by atoms with Crippen molar-refractivity contribution in [2.75, 3.05) is 42.3 Å². The summed E-state index contributed by atoms with van der Waals surface area (Å²) >= 11 is 0. The van der Waals surface area contributed by atoms with Crippen LogP contribution in [0.15, 0.2) is 43.0 Å². The number of hydrogen-bond donors (Lipinski definition) is 2. The van der Waals surface area contributed by atoms with Crippen molar-refractivity contribution in [1.29, 1.82) is 0 Å². The lowest BCUT2D eigenvalue weighted by Gasteiger charge is -2.27. The summed E-state index contributed by atoms with van der Waals surface area (Å²) in [5.74, 6) is 0.278. The Kier molecular flexibility index (Phi) is 5.02. The lowest BCUT2D eigenvalue weighted by molar-refractivity contribution is 0.102. The number of carbonyl (C=O) groups excluding carboxylic acids is 1. The average Bonchev–Trinajstić information content (AvgIpc) is 2.75. The molecule has 0 saturated carbocycles. The molecule has 1 saturated heterocycles. The summed E-state index contributed by atoms with van der Waals surface area (Å²) in [5.41, 5.74) is 7.62. The van der Waals surface area contributed by atoms with Gasteiger partial charge in [0.2, 0.25) is 11.9 Å². The molecule has 0 spiro atoms. The number of hydrogen-bond acceptors (Lipinski definition) is 9. The van der Waals surface area contributed by atoms with Gasteiger partial charge in [0.1, 0.15) is 5.69 Å². The van der Waals surface area contributed by atoms with E-state index < -0.39 is 0 Å². The first-order chi connectivity index (χ1) is 13.7. The average molecular weight is 378 g/mol. The molecule has 1 fully saturated rings. The van der Waals surface area contributed by atoms with Crippen molar-refractivity contribution in [3.05, 3.63) is 48.7 Å². The van der Waals surface area contributed by atoms with Gasteiger partial charge in [-0.3, -0.25) is 9.78 Å². The number of amides is 1. The van der Waals surface area contributed by atoms with Crippen LogP contribution in [0.25, 0.3) is 11.3 Å². The Labute approximate surface area is 160 Å². The van der Waals surface area contributed by atoms with Crippen LogP contribution >= 0.6 is 0 Å². The van der Waals surface area contributed by atoms with Crippen LogP contribution in [0.2, 0.25) is 0 Å². The number of morpholine rings is 1. The molecule has 3 aromatic heterocycles. The Morgan fingerprint density at radius 2 is 1.82 bits per heavy atom. The Morgan fingerprint density at radius 3 is 2.54 bits per heavy atom. The van der Waals surface area contributed by atoms with E-state index in [1.807, 2.05) is 4.90 Å². The fraction of sp³-hybridized carbons (Fsp3) is 0.222. The summed E-state index contributed by atoms with van der Waals surface area (Å²) < 4.78 is 5.39. The molecule has 1 aliphatic rings. The summed E-state index contributed by atoms with van der Waals surface area (Å²) in [6.45, 7) is 2.45. The zero-order chi connectivity index (χ0) is 19.3. The molecular formula is C18H18N8O2. The summed E-state index contributed by atoms with van der Waals surface area (Å²) in [6.07, 6.45) is 6.34. The first-order valence-electron chi connectivity index (χ1n) is 8.70. The van der Waals surface area contributed by atoms with Gasteiger partial charge in [0.25, 0.3) is 5.91 Å². The van der Waals surface area contributed by atoms with Gasteiger partial charge < -0.3 is 20.7 Å². The Hall–Kier alpha value is -3.66. The van der Waals surface area contributed by atoms with Crippen LogP contribution in [0.3, 0.4) is 0 Å².